The molecule has 0 saturated heterocycles. The Kier molecular flexibility index (Phi) is 7.20. The van der Waals surface area contributed by atoms with Crippen molar-refractivity contribution in [3.05, 3.63) is 146 Å². The Labute approximate surface area is 245 Å². The molecule has 0 aliphatic carbocycles. The van der Waals surface area contributed by atoms with E-state index in [0.29, 0.717) is 0 Å². The van der Waals surface area contributed by atoms with Gasteiger partial charge >= 0.3 is 0 Å². The van der Waals surface area contributed by atoms with Crippen LogP contribution in [0.5, 0.6) is 0 Å². The molecule has 0 bridgehead atoms. The maximum atomic E-state index is 5.42. The average Bonchev–Trinajstić information content (AvgIpc) is 3.45. The Morgan fingerprint density at radius 1 is 0.575 bits per heavy atom. The minimum absolute atomic E-state index is 0. The summed E-state index contributed by atoms with van der Waals surface area (Å²) >= 11 is 0. The molecule has 0 N–H and O–H groups in total. The van der Waals surface area contributed by atoms with Crippen molar-refractivity contribution in [3.8, 4) is 22.5 Å². The Hall–Kier alpha value is -4.63. The summed E-state index contributed by atoms with van der Waals surface area (Å²) in [6, 6.07) is 49.7. The van der Waals surface area contributed by atoms with Gasteiger partial charge in [0.1, 0.15) is 0 Å². The minimum atomic E-state index is 0. The van der Waals surface area contributed by atoms with Crippen LogP contribution in [0, 0.1) is 12.1 Å². The first-order chi connectivity index (χ1) is 19.3. The van der Waals surface area contributed by atoms with Gasteiger partial charge in [0.15, 0.2) is 5.58 Å². The van der Waals surface area contributed by atoms with Crippen LogP contribution in [0.1, 0.15) is 0 Å². The Bertz CT molecular complexity index is 2080. The van der Waals surface area contributed by atoms with Crippen LogP contribution < -0.4 is 0 Å². The number of hydrogen-bond acceptors (Lipinski definition) is 3. The van der Waals surface area contributed by atoms with E-state index in [4.69, 9.17) is 4.52 Å². The molecule has 1 radical (unpaired) electrons. The fraction of sp³-hybridized carbons (Fsp3) is 0. The molecular weight excluding hydrogens is 669 g/mol. The van der Waals surface area contributed by atoms with Crippen LogP contribution in [0.25, 0.3) is 65.8 Å². The Morgan fingerprint density at radius 2 is 1.27 bits per heavy atom. The SMILES string of the molecule is [Ir].[c-]1cc2c(ccc3ccccc32)cc1-c1noc2ccccc12.[c-]1ccc2ccccc2c1-c1ccccn1. The molecule has 3 nitrogen and oxygen atoms in total. The van der Waals surface area contributed by atoms with Crippen LogP contribution in [0.2, 0.25) is 0 Å². The zero-order valence-corrected chi connectivity index (χ0v) is 23.7. The van der Waals surface area contributed by atoms with Crippen molar-refractivity contribution in [2.45, 2.75) is 0 Å². The van der Waals surface area contributed by atoms with E-state index >= 15 is 0 Å². The topological polar surface area (TPSA) is 38.9 Å². The van der Waals surface area contributed by atoms with Crippen LogP contribution in [0.4, 0.5) is 0 Å². The van der Waals surface area contributed by atoms with E-state index in [1.165, 1.54) is 32.3 Å². The van der Waals surface area contributed by atoms with Gasteiger partial charge < -0.3 is 9.51 Å². The quantitative estimate of drug-likeness (QED) is 0.134. The molecule has 0 amide bonds. The first-order valence-corrected chi connectivity index (χ1v) is 12.8. The zero-order valence-electron chi connectivity index (χ0n) is 21.3. The molecule has 40 heavy (non-hydrogen) atoms. The second kappa shape index (κ2) is 11.2. The van der Waals surface area contributed by atoms with Gasteiger partial charge in [0, 0.05) is 37.4 Å². The van der Waals surface area contributed by atoms with Crippen molar-refractivity contribution >= 4 is 43.3 Å². The van der Waals surface area contributed by atoms with Gasteiger partial charge in [0.05, 0.1) is 0 Å². The van der Waals surface area contributed by atoms with Gasteiger partial charge in [-0.1, -0.05) is 107 Å². The molecule has 0 atom stereocenters. The number of rotatable bonds is 2. The average molecular weight is 691 g/mol. The third kappa shape index (κ3) is 4.80. The molecule has 0 aliphatic heterocycles. The van der Waals surface area contributed by atoms with Crippen molar-refractivity contribution < 1.29 is 24.6 Å². The van der Waals surface area contributed by atoms with Crippen molar-refractivity contribution in [3.63, 3.8) is 0 Å². The summed E-state index contributed by atoms with van der Waals surface area (Å²) in [4.78, 5) is 4.37. The second-order valence-electron chi connectivity index (χ2n) is 9.32. The number of pyridine rings is 1. The number of benzene rings is 6. The molecular formula is C36H22IrN2O-2. The first-order valence-electron chi connectivity index (χ1n) is 12.8. The van der Waals surface area contributed by atoms with Crippen molar-refractivity contribution in [1.82, 2.24) is 10.1 Å². The Balaban J connectivity index is 0.000000150. The van der Waals surface area contributed by atoms with Gasteiger partial charge in [-0.2, -0.15) is 0 Å². The molecule has 0 unspecified atom stereocenters. The van der Waals surface area contributed by atoms with Gasteiger partial charge in [0.2, 0.25) is 0 Å². The summed E-state index contributed by atoms with van der Waals surface area (Å²) in [6.07, 6.45) is 1.81. The normalized spacial score (nSPS) is 10.8. The molecule has 193 valence electrons. The standard InChI is InChI=1S/C21H12NO.C15H10N.Ir/c1-2-6-17-14(5-1)9-10-15-13-16(11-12-18(15)17)21-19-7-3-4-8-20(19)23-22-21;1-2-8-13-12(6-1)7-5-9-14(13)15-10-3-4-11-16-15;/h1-10,12-13H;1-8,10-11H;/q2*-1;. The third-order valence-electron chi connectivity index (χ3n) is 6.95. The second-order valence-corrected chi connectivity index (χ2v) is 9.32. The number of nitrogens with zero attached hydrogens (tertiary/aromatic N) is 2. The predicted octanol–water partition coefficient (Wildman–Crippen LogP) is 9.30. The fourth-order valence-electron chi connectivity index (χ4n) is 5.05. The van der Waals surface area contributed by atoms with Crippen LogP contribution in [-0.4, -0.2) is 10.1 Å². The molecule has 0 aliphatic rings. The molecule has 0 spiro atoms. The molecule has 6 aromatic carbocycles. The van der Waals surface area contributed by atoms with E-state index in [2.05, 4.69) is 89.0 Å². The van der Waals surface area contributed by atoms with Crippen molar-refractivity contribution in [2.24, 2.45) is 0 Å². The van der Waals surface area contributed by atoms with E-state index in [1.54, 1.807) is 0 Å². The smallest absolute Gasteiger partial charge is 0.157 e. The van der Waals surface area contributed by atoms with Crippen molar-refractivity contribution in [2.75, 3.05) is 0 Å². The summed E-state index contributed by atoms with van der Waals surface area (Å²) in [5, 5.41) is 12.6. The van der Waals surface area contributed by atoms with Gasteiger partial charge in [-0.25, -0.2) is 0 Å². The van der Waals surface area contributed by atoms with E-state index in [1.807, 2.05) is 66.9 Å². The van der Waals surface area contributed by atoms with Crippen LogP contribution >= 0.6 is 0 Å². The molecule has 0 saturated carbocycles. The molecule has 8 rings (SSSR count). The molecule has 2 aromatic heterocycles. The fourth-order valence-corrected chi connectivity index (χ4v) is 5.05. The van der Waals surface area contributed by atoms with Crippen molar-refractivity contribution in [1.29, 1.82) is 0 Å². The zero-order chi connectivity index (χ0) is 26.0. The maximum Gasteiger partial charge on any atom is 0.157 e. The monoisotopic (exact) mass is 691 g/mol. The van der Waals surface area contributed by atoms with Gasteiger partial charge in [0.25, 0.3) is 0 Å². The number of fused-ring (bicyclic) bond motifs is 5. The van der Waals surface area contributed by atoms with E-state index in [0.717, 1.165) is 33.5 Å². The molecule has 8 aromatic rings. The molecule has 0 fully saturated rings. The Morgan fingerprint density at radius 3 is 2.10 bits per heavy atom. The van der Waals surface area contributed by atoms with E-state index in [9.17, 15) is 0 Å². The van der Waals surface area contributed by atoms with E-state index in [-0.39, 0.29) is 20.1 Å². The van der Waals surface area contributed by atoms with Gasteiger partial charge in [-0.15, -0.1) is 63.5 Å². The van der Waals surface area contributed by atoms with E-state index < -0.39 is 0 Å². The van der Waals surface area contributed by atoms with Gasteiger partial charge in [-0.3, -0.25) is 0 Å². The minimum Gasteiger partial charge on any atom is -0.366 e. The maximum absolute atomic E-state index is 5.42. The summed E-state index contributed by atoms with van der Waals surface area (Å²) in [5.41, 5.74) is 4.64. The van der Waals surface area contributed by atoms with Crippen LogP contribution in [0.15, 0.2) is 138 Å². The summed E-state index contributed by atoms with van der Waals surface area (Å²) in [7, 11) is 0. The first kappa shape index (κ1) is 25.6. The summed E-state index contributed by atoms with van der Waals surface area (Å²) in [6.45, 7) is 0. The largest absolute Gasteiger partial charge is 0.366 e. The molecule has 2 heterocycles. The number of hydrogen-bond donors (Lipinski definition) is 0. The summed E-state index contributed by atoms with van der Waals surface area (Å²) in [5.74, 6) is 0. The number of para-hydroxylation sites is 1. The number of aromatic nitrogens is 2. The van der Waals surface area contributed by atoms with Gasteiger partial charge in [-0.05, 0) is 23.2 Å². The predicted molar refractivity (Wildman–Crippen MR) is 159 cm³/mol. The third-order valence-corrected chi connectivity index (χ3v) is 6.95. The van der Waals surface area contributed by atoms with Crippen LogP contribution in [0.3, 0.4) is 0 Å². The molecule has 4 heteroatoms. The summed E-state index contributed by atoms with van der Waals surface area (Å²) < 4.78 is 5.42. The van der Waals surface area contributed by atoms with Crippen LogP contribution in [-0.2, 0) is 20.1 Å².